The van der Waals surface area contributed by atoms with E-state index in [0.29, 0.717) is 11.5 Å². The van der Waals surface area contributed by atoms with Gasteiger partial charge in [-0.1, -0.05) is 0 Å². The highest BCUT2D eigenvalue weighted by molar-refractivity contribution is 5.54. The third-order valence-corrected chi connectivity index (χ3v) is 2.17. The van der Waals surface area contributed by atoms with Crippen molar-refractivity contribution in [1.82, 2.24) is 15.2 Å². The Labute approximate surface area is 109 Å². The lowest BCUT2D eigenvalue weighted by Crippen LogP contribution is -2.12. The minimum Gasteiger partial charge on any atom is -0.366 e. The van der Waals surface area contributed by atoms with Crippen LogP contribution in [0.1, 0.15) is 13.8 Å². The van der Waals surface area contributed by atoms with Gasteiger partial charge in [0.1, 0.15) is 0 Å². The van der Waals surface area contributed by atoms with Crippen LogP contribution >= 0.6 is 0 Å². The maximum absolute atomic E-state index is 13.0. The molecule has 0 radical (unpaired) electrons. The average molecular weight is 265 g/mol. The van der Waals surface area contributed by atoms with E-state index in [2.05, 4.69) is 25.8 Å². The number of halogens is 2. The third-order valence-electron chi connectivity index (χ3n) is 2.17. The molecule has 0 spiro atoms. The molecule has 19 heavy (non-hydrogen) atoms. The summed E-state index contributed by atoms with van der Waals surface area (Å²) in [4.78, 5) is 4.15. The predicted octanol–water partition coefficient (Wildman–Crippen LogP) is 2.71. The van der Waals surface area contributed by atoms with E-state index in [4.69, 9.17) is 0 Å². The van der Waals surface area contributed by atoms with Crippen molar-refractivity contribution in [2.45, 2.75) is 19.9 Å². The van der Waals surface area contributed by atoms with Crippen molar-refractivity contribution >= 4 is 17.5 Å². The number of hydrogen-bond acceptors (Lipinski definition) is 5. The molecule has 1 aromatic heterocycles. The molecule has 2 aromatic rings. The molecule has 0 saturated carbocycles. The molecule has 100 valence electrons. The van der Waals surface area contributed by atoms with E-state index in [1.54, 1.807) is 0 Å². The lowest BCUT2D eigenvalue weighted by Gasteiger charge is -2.09. The van der Waals surface area contributed by atoms with Gasteiger partial charge >= 0.3 is 0 Å². The first-order valence-electron chi connectivity index (χ1n) is 5.73. The molecule has 2 N–H and O–H groups in total. The number of nitrogens with one attached hydrogen (secondary N) is 2. The quantitative estimate of drug-likeness (QED) is 0.890. The lowest BCUT2D eigenvalue weighted by molar-refractivity contribution is 0.509. The van der Waals surface area contributed by atoms with E-state index < -0.39 is 11.6 Å². The highest BCUT2D eigenvalue weighted by Gasteiger charge is 2.05. The second kappa shape index (κ2) is 5.55. The molecule has 0 unspecified atom stereocenters. The van der Waals surface area contributed by atoms with Crippen LogP contribution in [0.2, 0.25) is 0 Å². The molecule has 1 heterocycles. The van der Waals surface area contributed by atoms with Crippen molar-refractivity contribution in [3.05, 3.63) is 36.0 Å². The summed E-state index contributed by atoms with van der Waals surface area (Å²) in [5.74, 6) is -1.08. The van der Waals surface area contributed by atoms with Crippen LogP contribution in [0.25, 0.3) is 0 Å². The summed E-state index contributed by atoms with van der Waals surface area (Å²) < 4.78 is 25.8. The maximum Gasteiger partial charge on any atom is 0.249 e. The van der Waals surface area contributed by atoms with Crippen molar-refractivity contribution in [3.63, 3.8) is 0 Å². The molecule has 0 aliphatic rings. The molecule has 0 amide bonds. The second-order valence-corrected chi connectivity index (χ2v) is 4.22. The van der Waals surface area contributed by atoms with Crippen LogP contribution in [0.15, 0.2) is 24.4 Å². The Kier molecular flexibility index (Phi) is 3.84. The first-order valence-corrected chi connectivity index (χ1v) is 5.73. The Hall–Kier alpha value is -2.31. The van der Waals surface area contributed by atoms with Crippen LogP contribution in [0.3, 0.4) is 0 Å². The summed E-state index contributed by atoms with van der Waals surface area (Å²) >= 11 is 0. The van der Waals surface area contributed by atoms with E-state index in [0.717, 1.165) is 12.1 Å². The molecule has 0 fully saturated rings. The molecule has 1 aromatic carbocycles. The molecule has 0 bridgehead atoms. The van der Waals surface area contributed by atoms with Gasteiger partial charge in [-0.05, 0) is 26.0 Å². The molecule has 0 saturated heterocycles. The molecular weight excluding hydrogens is 252 g/mol. The van der Waals surface area contributed by atoms with Gasteiger partial charge in [0.05, 0.1) is 6.20 Å². The standard InChI is InChI=1S/C12H13F2N5/c1-7(2)16-11-6-15-19-12(18-11)17-8-3-4-9(13)10(14)5-8/h3-7H,1-2H3,(H2,16,17,18,19). The molecule has 0 aliphatic carbocycles. The maximum atomic E-state index is 13.0. The van der Waals surface area contributed by atoms with E-state index in [-0.39, 0.29) is 12.0 Å². The zero-order valence-corrected chi connectivity index (χ0v) is 10.5. The topological polar surface area (TPSA) is 62.7 Å². The van der Waals surface area contributed by atoms with Crippen molar-refractivity contribution < 1.29 is 8.78 Å². The van der Waals surface area contributed by atoms with Crippen LogP contribution in [-0.4, -0.2) is 21.2 Å². The number of anilines is 3. The third kappa shape index (κ3) is 3.57. The summed E-state index contributed by atoms with van der Waals surface area (Å²) in [6.45, 7) is 3.93. The Balaban J connectivity index is 2.16. The monoisotopic (exact) mass is 265 g/mol. The van der Waals surface area contributed by atoms with Crippen molar-refractivity contribution in [2.75, 3.05) is 10.6 Å². The summed E-state index contributed by atoms with van der Waals surface area (Å²) in [5, 5.41) is 13.4. The highest BCUT2D eigenvalue weighted by Crippen LogP contribution is 2.16. The molecule has 0 aliphatic heterocycles. The summed E-state index contributed by atoms with van der Waals surface area (Å²) in [5.41, 5.74) is 0.349. The number of benzene rings is 1. The predicted molar refractivity (Wildman–Crippen MR) is 68.2 cm³/mol. The van der Waals surface area contributed by atoms with Gasteiger partial charge in [0.15, 0.2) is 17.5 Å². The Morgan fingerprint density at radius 2 is 1.95 bits per heavy atom. The van der Waals surface area contributed by atoms with Gasteiger partial charge in [-0.3, -0.25) is 0 Å². The zero-order chi connectivity index (χ0) is 13.8. The highest BCUT2D eigenvalue weighted by atomic mass is 19.2. The molecule has 5 nitrogen and oxygen atoms in total. The Morgan fingerprint density at radius 1 is 1.16 bits per heavy atom. The van der Waals surface area contributed by atoms with Crippen LogP contribution in [0.5, 0.6) is 0 Å². The summed E-state index contributed by atoms with van der Waals surface area (Å²) in [6, 6.07) is 3.65. The number of nitrogens with zero attached hydrogens (tertiary/aromatic N) is 3. The van der Waals surface area contributed by atoms with Gasteiger partial charge in [0, 0.05) is 17.8 Å². The fourth-order valence-corrected chi connectivity index (χ4v) is 1.42. The van der Waals surface area contributed by atoms with Crippen molar-refractivity contribution in [2.24, 2.45) is 0 Å². The number of aromatic nitrogens is 3. The fraction of sp³-hybridized carbons (Fsp3) is 0.250. The van der Waals surface area contributed by atoms with Crippen molar-refractivity contribution in [3.8, 4) is 0 Å². The fourth-order valence-electron chi connectivity index (χ4n) is 1.42. The summed E-state index contributed by atoms with van der Waals surface area (Å²) in [6.07, 6.45) is 1.48. The van der Waals surface area contributed by atoms with Crippen LogP contribution in [-0.2, 0) is 0 Å². The molecular formula is C12H13F2N5. The van der Waals surface area contributed by atoms with Gasteiger partial charge < -0.3 is 10.6 Å². The molecule has 7 heteroatoms. The average Bonchev–Trinajstić information content (AvgIpc) is 2.33. The summed E-state index contributed by atoms with van der Waals surface area (Å²) in [7, 11) is 0. The van der Waals surface area contributed by atoms with Gasteiger partial charge in [-0.15, -0.1) is 5.10 Å². The minimum atomic E-state index is -0.936. The van der Waals surface area contributed by atoms with Crippen LogP contribution < -0.4 is 10.6 Å². The van der Waals surface area contributed by atoms with Crippen LogP contribution in [0.4, 0.5) is 26.2 Å². The smallest absolute Gasteiger partial charge is 0.249 e. The van der Waals surface area contributed by atoms with E-state index in [1.807, 2.05) is 13.8 Å². The minimum absolute atomic E-state index is 0.202. The molecule has 2 rings (SSSR count). The second-order valence-electron chi connectivity index (χ2n) is 4.22. The SMILES string of the molecule is CC(C)Nc1cnnc(Nc2ccc(F)c(F)c2)n1. The van der Waals surface area contributed by atoms with Gasteiger partial charge in [-0.25, -0.2) is 8.78 Å². The van der Waals surface area contributed by atoms with Gasteiger partial charge in [-0.2, -0.15) is 10.1 Å². The van der Waals surface area contributed by atoms with E-state index in [1.165, 1.54) is 12.3 Å². The first-order chi connectivity index (χ1) is 9.04. The van der Waals surface area contributed by atoms with Crippen molar-refractivity contribution in [1.29, 1.82) is 0 Å². The zero-order valence-electron chi connectivity index (χ0n) is 10.5. The first kappa shape index (κ1) is 13.1. The Bertz CT molecular complexity index is 574. The van der Waals surface area contributed by atoms with Crippen LogP contribution in [0, 0.1) is 11.6 Å². The van der Waals surface area contributed by atoms with Gasteiger partial charge in [0.2, 0.25) is 5.95 Å². The largest absolute Gasteiger partial charge is 0.366 e. The lowest BCUT2D eigenvalue weighted by atomic mass is 10.3. The van der Waals surface area contributed by atoms with Gasteiger partial charge in [0.25, 0.3) is 0 Å². The number of hydrogen-bond donors (Lipinski definition) is 2. The molecule has 0 atom stereocenters. The van der Waals surface area contributed by atoms with E-state index in [9.17, 15) is 8.78 Å². The Morgan fingerprint density at radius 3 is 2.63 bits per heavy atom. The normalized spacial score (nSPS) is 10.6. The van der Waals surface area contributed by atoms with E-state index >= 15 is 0 Å². The number of rotatable bonds is 4.